The number of nitrogens with zero attached hydrogens (tertiary/aromatic N) is 2. The van der Waals surface area contributed by atoms with Crippen LogP contribution in [0.2, 0.25) is 0 Å². The Hall–Kier alpha value is -3.17. The molecule has 2 aromatic rings. The molecule has 1 saturated carbocycles. The van der Waals surface area contributed by atoms with Crippen LogP contribution in [0.1, 0.15) is 45.1 Å². The lowest BCUT2D eigenvalue weighted by atomic mass is 10.0. The quantitative estimate of drug-likeness (QED) is 0.472. The number of rotatable bonds is 5. The number of carbonyl (C=O) groups excluding carboxylic acids is 1. The molecule has 40 heavy (non-hydrogen) atoms. The topological polar surface area (TPSA) is 119 Å². The number of benzene rings is 2. The Morgan fingerprint density at radius 3 is 2.58 bits per heavy atom. The van der Waals surface area contributed by atoms with E-state index in [2.05, 4.69) is 17.2 Å². The normalized spacial score (nSPS) is 22.4. The largest absolute Gasteiger partial charge is 0.487 e. The van der Waals surface area contributed by atoms with E-state index < -0.39 is 39.6 Å². The highest BCUT2D eigenvalue weighted by Gasteiger charge is 2.38. The highest BCUT2D eigenvalue weighted by atomic mass is 32.2. The number of ether oxygens (including phenoxy) is 1. The Morgan fingerprint density at radius 2 is 1.93 bits per heavy atom. The lowest BCUT2D eigenvalue weighted by molar-refractivity contribution is 0.0830. The van der Waals surface area contributed by atoms with Gasteiger partial charge in [-0.15, -0.1) is 0 Å². The standard InChI is InChI=1S/C29H36FN3O6S/c1-20-17-33(21(2)19-34)40(37,38)27-11-6-22(12-15-29(36)13-4-5-14-29)16-25(27)39-26(20)18-32(3)28(35)31-24-9-7-23(30)8-10-24/h6-11,16,20-21,26,34,36H,4-5,13-14,17-19H2,1-3H3,(H,31,35)/t20-,21+,26+/m1/s1. The molecular weight excluding hydrogens is 537 g/mol. The highest BCUT2D eigenvalue weighted by molar-refractivity contribution is 7.89. The zero-order valence-corrected chi connectivity index (χ0v) is 23.7. The second-order valence-electron chi connectivity index (χ2n) is 10.7. The maximum Gasteiger partial charge on any atom is 0.321 e. The third kappa shape index (κ3) is 6.75. The number of urea groups is 1. The van der Waals surface area contributed by atoms with Gasteiger partial charge in [-0.25, -0.2) is 17.6 Å². The Morgan fingerprint density at radius 1 is 1.25 bits per heavy atom. The van der Waals surface area contributed by atoms with Gasteiger partial charge in [0.15, 0.2) is 0 Å². The van der Waals surface area contributed by atoms with Gasteiger partial charge in [0.2, 0.25) is 10.0 Å². The number of nitrogens with one attached hydrogen (secondary N) is 1. The average molecular weight is 574 g/mol. The highest BCUT2D eigenvalue weighted by Crippen LogP contribution is 2.34. The fraction of sp³-hybridized carbons (Fsp3) is 0.483. The van der Waals surface area contributed by atoms with Gasteiger partial charge in [-0.1, -0.05) is 18.8 Å². The molecule has 3 atom stereocenters. The summed E-state index contributed by atoms with van der Waals surface area (Å²) in [7, 11) is -2.44. The lowest BCUT2D eigenvalue weighted by Gasteiger charge is -2.37. The van der Waals surface area contributed by atoms with E-state index in [0.717, 1.165) is 12.8 Å². The fourth-order valence-electron chi connectivity index (χ4n) is 4.90. The van der Waals surface area contributed by atoms with Crippen LogP contribution in [0.5, 0.6) is 5.75 Å². The second kappa shape index (κ2) is 12.1. The second-order valence-corrected chi connectivity index (χ2v) is 12.6. The average Bonchev–Trinajstić information content (AvgIpc) is 3.36. The zero-order valence-electron chi connectivity index (χ0n) is 22.9. The van der Waals surface area contributed by atoms with Crippen LogP contribution < -0.4 is 10.1 Å². The first-order valence-corrected chi connectivity index (χ1v) is 14.8. The number of aliphatic hydroxyl groups excluding tert-OH is 1. The van der Waals surface area contributed by atoms with Gasteiger partial charge in [0, 0.05) is 36.8 Å². The summed E-state index contributed by atoms with van der Waals surface area (Å²) in [4.78, 5) is 14.2. The fourth-order valence-corrected chi connectivity index (χ4v) is 6.73. The Labute approximate surface area is 235 Å². The molecule has 216 valence electrons. The third-order valence-electron chi connectivity index (χ3n) is 7.43. The van der Waals surface area contributed by atoms with Crippen LogP contribution in [0.25, 0.3) is 0 Å². The molecule has 9 nitrogen and oxygen atoms in total. The molecule has 1 heterocycles. The lowest BCUT2D eigenvalue weighted by Crippen LogP contribution is -2.50. The van der Waals surface area contributed by atoms with Crippen LogP contribution in [0, 0.1) is 23.6 Å². The van der Waals surface area contributed by atoms with Gasteiger partial charge in [0.25, 0.3) is 0 Å². The summed E-state index contributed by atoms with van der Waals surface area (Å²) in [6.07, 6.45) is 2.37. The first-order chi connectivity index (χ1) is 18.9. The molecule has 0 spiro atoms. The van der Waals surface area contributed by atoms with Crippen molar-refractivity contribution in [3.63, 3.8) is 0 Å². The van der Waals surface area contributed by atoms with Crippen molar-refractivity contribution in [2.24, 2.45) is 5.92 Å². The summed E-state index contributed by atoms with van der Waals surface area (Å²) < 4.78 is 48.2. The van der Waals surface area contributed by atoms with E-state index in [-0.39, 0.29) is 36.3 Å². The Balaban J connectivity index is 1.65. The van der Waals surface area contributed by atoms with E-state index in [1.165, 1.54) is 39.5 Å². The van der Waals surface area contributed by atoms with Gasteiger partial charge in [-0.05, 0) is 75.1 Å². The van der Waals surface area contributed by atoms with E-state index in [0.29, 0.717) is 24.1 Å². The molecule has 2 aromatic carbocycles. The molecule has 1 fully saturated rings. The SMILES string of the molecule is C[C@@H]1CN([C@@H](C)CO)S(=O)(=O)c2ccc(C#CC3(O)CCCC3)cc2O[C@H]1CN(C)C(=O)Nc1ccc(F)cc1. The number of hydrogen-bond donors (Lipinski definition) is 3. The first kappa shape index (κ1) is 29.8. The molecule has 11 heteroatoms. The van der Waals surface area contributed by atoms with Crippen LogP contribution in [0.15, 0.2) is 47.4 Å². The van der Waals surface area contributed by atoms with E-state index in [9.17, 15) is 27.8 Å². The number of sulfonamides is 1. The van der Waals surface area contributed by atoms with Crippen molar-refractivity contribution in [1.29, 1.82) is 0 Å². The maximum atomic E-state index is 13.7. The van der Waals surface area contributed by atoms with Crippen LogP contribution in [0.3, 0.4) is 0 Å². The zero-order chi connectivity index (χ0) is 29.1. The minimum absolute atomic E-state index is 0.0618. The number of likely N-dealkylation sites (N-methyl/N-ethyl adjacent to an activating group) is 1. The molecule has 2 aliphatic rings. The minimum atomic E-state index is -4.03. The summed E-state index contributed by atoms with van der Waals surface area (Å²) in [6, 6.07) is 8.83. The van der Waals surface area contributed by atoms with Crippen molar-refractivity contribution in [2.75, 3.05) is 32.1 Å². The van der Waals surface area contributed by atoms with Crippen molar-refractivity contribution in [2.45, 2.75) is 62.2 Å². The van der Waals surface area contributed by atoms with Crippen molar-refractivity contribution < 1.29 is 32.6 Å². The molecule has 0 saturated heterocycles. The maximum absolute atomic E-state index is 13.7. The van der Waals surface area contributed by atoms with Crippen LogP contribution in [0.4, 0.5) is 14.9 Å². The van der Waals surface area contributed by atoms with Gasteiger partial charge < -0.3 is 25.2 Å². The third-order valence-corrected chi connectivity index (χ3v) is 9.45. The summed E-state index contributed by atoms with van der Waals surface area (Å²) in [5, 5.41) is 23.2. The molecule has 0 aromatic heterocycles. The Kier molecular flexibility index (Phi) is 9.05. The van der Waals surface area contributed by atoms with Crippen molar-refractivity contribution in [3.05, 3.63) is 53.8 Å². The van der Waals surface area contributed by atoms with Crippen LogP contribution >= 0.6 is 0 Å². The number of fused-ring (bicyclic) bond motifs is 1. The molecule has 0 radical (unpaired) electrons. The van der Waals surface area contributed by atoms with E-state index in [1.54, 1.807) is 26.1 Å². The molecule has 4 rings (SSSR count). The minimum Gasteiger partial charge on any atom is -0.487 e. The number of hydrogen-bond acceptors (Lipinski definition) is 6. The van der Waals surface area contributed by atoms with Gasteiger partial charge >= 0.3 is 6.03 Å². The van der Waals surface area contributed by atoms with Crippen LogP contribution in [-0.2, 0) is 10.0 Å². The van der Waals surface area contributed by atoms with E-state index in [1.807, 2.05) is 6.92 Å². The summed E-state index contributed by atoms with van der Waals surface area (Å²) in [5.74, 6) is 5.21. The number of carbonyl (C=O) groups is 1. The van der Waals surface area contributed by atoms with Gasteiger partial charge in [0.1, 0.15) is 28.2 Å². The van der Waals surface area contributed by atoms with Crippen molar-refractivity contribution in [3.8, 4) is 17.6 Å². The molecule has 0 bridgehead atoms. The molecule has 2 amide bonds. The smallest absolute Gasteiger partial charge is 0.321 e. The predicted molar refractivity (Wildman–Crippen MR) is 149 cm³/mol. The van der Waals surface area contributed by atoms with Crippen LogP contribution in [-0.4, -0.2) is 78.4 Å². The molecule has 1 aliphatic heterocycles. The molecule has 3 N–H and O–H groups in total. The summed E-state index contributed by atoms with van der Waals surface area (Å²) in [5.41, 5.74) is -0.135. The van der Waals surface area contributed by atoms with Gasteiger partial charge in [-0.3, -0.25) is 0 Å². The Bertz CT molecular complexity index is 1380. The van der Waals surface area contributed by atoms with E-state index >= 15 is 0 Å². The van der Waals surface area contributed by atoms with Gasteiger partial charge in [0.05, 0.1) is 13.2 Å². The van der Waals surface area contributed by atoms with E-state index in [4.69, 9.17) is 4.74 Å². The predicted octanol–water partition coefficient (Wildman–Crippen LogP) is 3.41. The number of halogens is 1. The molecule has 0 unspecified atom stereocenters. The summed E-state index contributed by atoms with van der Waals surface area (Å²) >= 11 is 0. The molecular formula is C29H36FN3O6S. The number of anilines is 1. The first-order valence-electron chi connectivity index (χ1n) is 13.4. The van der Waals surface area contributed by atoms with Crippen molar-refractivity contribution >= 4 is 21.7 Å². The molecule has 1 aliphatic carbocycles. The van der Waals surface area contributed by atoms with Gasteiger partial charge in [-0.2, -0.15) is 4.31 Å². The number of amides is 2. The number of aliphatic hydroxyl groups is 2. The summed E-state index contributed by atoms with van der Waals surface area (Å²) in [6.45, 7) is 3.27. The van der Waals surface area contributed by atoms with Crippen molar-refractivity contribution in [1.82, 2.24) is 9.21 Å². The monoisotopic (exact) mass is 573 g/mol.